The molecule has 128 valence electrons. The van der Waals surface area contributed by atoms with Gasteiger partial charge in [-0.15, -0.1) is 5.10 Å². The van der Waals surface area contributed by atoms with Gasteiger partial charge in [0, 0.05) is 12.6 Å². The number of methoxy groups -OCH3 is 2. The maximum atomic E-state index is 11.8. The van der Waals surface area contributed by atoms with Crippen molar-refractivity contribution in [3.05, 3.63) is 18.2 Å². The van der Waals surface area contributed by atoms with E-state index in [1.807, 2.05) is 12.1 Å². The van der Waals surface area contributed by atoms with Gasteiger partial charge in [0.05, 0.1) is 25.5 Å². The van der Waals surface area contributed by atoms with Gasteiger partial charge in [0.2, 0.25) is 11.1 Å². The van der Waals surface area contributed by atoms with E-state index < -0.39 is 0 Å². The van der Waals surface area contributed by atoms with Crippen molar-refractivity contribution in [2.75, 3.05) is 26.5 Å². The second-order valence-corrected chi connectivity index (χ2v) is 6.51. The third kappa shape index (κ3) is 4.19. The summed E-state index contributed by atoms with van der Waals surface area (Å²) in [5, 5.41) is 10.5. The van der Waals surface area contributed by atoms with Gasteiger partial charge in [0.25, 0.3) is 0 Å². The molecule has 1 aromatic heterocycles. The van der Waals surface area contributed by atoms with Crippen LogP contribution in [0.5, 0.6) is 11.5 Å². The number of nitrogens with zero attached hydrogens (tertiary/aromatic N) is 2. The molecule has 24 heavy (non-hydrogen) atoms. The van der Waals surface area contributed by atoms with E-state index in [2.05, 4.69) is 20.5 Å². The number of rotatable bonds is 8. The zero-order chi connectivity index (χ0) is 16.9. The SMILES string of the molecule is COc1ccc(-c2nc(SCC(=O)NCC3CC3)n[nH]2)c(OC)c1. The summed E-state index contributed by atoms with van der Waals surface area (Å²) in [7, 11) is 3.19. The maximum Gasteiger partial charge on any atom is 0.230 e. The number of hydrogen-bond donors (Lipinski definition) is 2. The lowest BCUT2D eigenvalue weighted by atomic mass is 10.2. The summed E-state index contributed by atoms with van der Waals surface area (Å²) in [5.74, 6) is 2.94. The van der Waals surface area contributed by atoms with Crippen molar-refractivity contribution >= 4 is 17.7 Å². The zero-order valence-corrected chi connectivity index (χ0v) is 14.5. The Kier molecular flexibility index (Phi) is 5.24. The Morgan fingerprint density at radius 1 is 1.38 bits per heavy atom. The molecule has 0 bridgehead atoms. The highest BCUT2D eigenvalue weighted by Gasteiger charge is 2.21. The van der Waals surface area contributed by atoms with Gasteiger partial charge in [-0.1, -0.05) is 11.8 Å². The molecule has 2 N–H and O–H groups in total. The summed E-state index contributed by atoms with van der Waals surface area (Å²) in [5.41, 5.74) is 0.788. The first-order chi connectivity index (χ1) is 11.7. The number of carbonyl (C=O) groups is 1. The van der Waals surface area contributed by atoms with E-state index in [1.165, 1.54) is 24.6 Å². The first-order valence-electron chi connectivity index (χ1n) is 7.74. The molecule has 1 amide bonds. The fourth-order valence-electron chi connectivity index (χ4n) is 2.19. The maximum absolute atomic E-state index is 11.8. The third-order valence-electron chi connectivity index (χ3n) is 3.75. The standard InChI is InChI=1S/C16H20N4O3S/c1-22-11-5-6-12(13(7-11)23-2)15-18-16(20-19-15)24-9-14(21)17-8-10-3-4-10/h5-7,10H,3-4,8-9H2,1-2H3,(H,17,21)(H,18,19,20). The zero-order valence-electron chi connectivity index (χ0n) is 13.7. The molecule has 1 saturated carbocycles. The number of ether oxygens (including phenoxy) is 2. The van der Waals surface area contributed by atoms with Crippen LogP contribution in [-0.2, 0) is 4.79 Å². The number of carbonyl (C=O) groups excluding carboxylic acids is 1. The summed E-state index contributed by atoms with van der Waals surface area (Å²) in [6.45, 7) is 0.779. The van der Waals surface area contributed by atoms with Crippen molar-refractivity contribution in [3.63, 3.8) is 0 Å². The molecule has 1 fully saturated rings. The molecule has 0 aliphatic heterocycles. The van der Waals surface area contributed by atoms with E-state index in [0.29, 0.717) is 34.2 Å². The number of thioether (sulfide) groups is 1. The molecule has 2 aromatic rings. The highest BCUT2D eigenvalue weighted by Crippen LogP contribution is 2.32. The molecule has 1 aromatic carbocycles. The molecular weight excluding hydrogens is 328 g/mol. The van der Waals surface area contributed by atoms with E-state index in [-0.39, 0.29) is 5.91 Å². The molecular formula is C16H20N4O3S. The number of benzene rings is 1. The predicted octanol–water partition coefficient (Wildman–Crippen LogP) is 2.11. The smallest absolute Gasteiger partial charge is 0.230 e. The summed E-state index contributed by atoms with van der Waals surface area (Å²) in [4.78, 5) is 16.2. The molecule has 0 spiro atoms. The highest BCUT2D eigenvalue weighted by molar-refractivity contribution is 7.99. The molecule has 0 unspecified atom stereocenters. The average Bonchev–Trinajstić information content (AvgIpc) is 3.33. The number of amides is 1. The number of H-pyrrole nitrogens is 1. The van der Waals surface area contributed by atoms with Gasteiger partial charge in [-0.3, -0.25) is 9.89 Å². The summed E-state index contributed by atoms with van der Waals surface area (Å²) < 4.78 is 10.6. The van der Waals surface area contributed by atoms with Crippen LogP contribution in [0.1, 0.15) is 12.8 Å². The van der Waals surface area contributed by atoms with Crippen LogP contribution in [0, 0.1) is 5.92 Å². The van der Waals surface area contributed by atoms with Crippen molar-refractivity contribution < 1.29 is 14.3 Å². The minimum absolute atomic E-state index is 0.0141. The van der Waals surface area contributed by atoms with Crippen molar-refractivity contribution in [2.45, 2.75) is 18.0 Å². The fourth-order valence-corrected chi connectivity index (χ4v) is 2.82. The minimum atomic E-state index is 0.0141. The Labute approximate surface area is 144 Å². The molecule has 1 aliphatic rings. The summed E-state index contributed by atoms with van der Waals surface area (Å²) >= 11 is 1.31. The Morgan fingerprint density at radius 3 is 2.92 bits per heavy atom. The van der Waals surface area contributed by atoms with Gasteiger partial charge < -0.3 is 14.8 Å². The minimum Gasteiger partial charge on any atom is -0.497 e. The lowest BCUT2D eigenvalue weighted by Crippen LogP contribution is -2.27. The Hall–Kier alpha value is -2.22. The number of aromatic amines is 1. The number of nitrogens with one attached hydrogen (secondary N) is 2. The molecule has 8 heteroatoms. The molecule has 7 nitrogen and oxygen atoms in total. The second-order valence-electron chi connectivity index (χ2n) is 5.57. The molecule has 3 rings (SSSR count). The largest absolute Gasteiger partial charge is 0.497 e. The van der Waals surface area contributed by atoms with Gasteiger partial charge in [-0.25, -0.2) is 4.98 Å². The number of hydrogen-bond acceptors (Lipinski definition) is 6. The molecule has 0 radical (unpaired) electrons. The van der Waals surface area contributed by atoms with E-state index in [9.17, 15) is 4.79 Å². The van der Waals surface area contributed by atoms with Crippen LogP contribution < -0.4 is 14.8 Å². The van der Waals surface area contributed by atoms with Crippen LogP contribution in [0.25, 0.3) is 11.4 Å². The van der Waals surface area contributed by atoms with Gasteiger partial charge in [0.15, 0.2) is 5.82 Å². The monoisotopic (exact) mass is 348 g/mol. The molecule has 1 aliphatic carbocycles. The molecule has 0 atom stereocenters. The Balaban J connectivity index is 1.61. The van der Waals surface area contributed by atoms with E-state index in [4.69, 9.17) is 9.47 Å². The molecule has 1 heterocycles. The topological polar surface area (TPSA) is 89.1 Å². The number of aromatic nitrogens is 3. The van der Waals surface area contributed by atoms with Crippen molar-refractivity contribution in [1.29, 1.82) is 0 Å². The first kappa shape index (κ1) is 16.6. The third-order valence-corrected chi connectivity index (χ3v) is 4.59. The van der Waals surface area contributed by atoms with E-state index >= 15 is 0 Å². The van der Waals surface area contributed by atoms with E-state index in [1.54, 1.807) is 20.3 Å². The summed E-state index contributed by atoms with van der Waals surface area (Å²) in [6, 6.07) is 5.48. The average molecular weight is 348 g/mol. The van der Waals surface area contributed by atoms with Crippen molar-refractivity contribution in [1.82, 2.24) is 20.5 Å². The Bertz CT molecular complexity index is 715. The van der Waals surface area contributed by atoms with Crippen LogP contribution >= 0.6 is 11.8 Å². The van der Waals surface area contributed by atoms with Gasteiger partial charge in [-0.05, 0) is 30.9 Å². The quantitative estimate of drug-likeness (QED) is 0.710. The molecule has 0 saturated heterocycles. The van der Waals surface area contributed by atoms with Crippen LogP contribution in [0.4, 0.5) is 0 Å². The van der Waals surface area contributed by atoms with Crippen molar-refractivity contribution in [3.8, 4) is 22.9 Å². The van der Waals surface area contributed by atoms with Crippen LogP contribution in [-0.4, -0.2) is 47.6 Å². The van der Waals surface area contributed by atoms with Crippen LogP contribution in [0.2, 0.25) is 0 Å². The van der Waals surface area contributed by atoms with Crippen LogP contribution in [0.3, 0.4) is 0 Å². The second kappa shape index (κ2) is 7.57. The fraction of sp³-hybridized carbons (Fsp3) is 0.438. The summed E-state index contributed by atoms with van der Waals surface area (Å²) in [6.07, 6.45) is 2.45. The van der Waals surface area contributed by atoms with Crippen molar-refractivity contribution in [2.24, 2.45) is 5.92 Å². The Morgan fingerprint density at radius 2 is 2.21 bits per heavy atom. The van der Waals surface area contributed by atoms with Gasteiger partial charge >= 0.3 is 0 Å². The highest BCUT2D eigenvalue weighted by atomic mass is 32.2. The predicted molar refractivity (Wildman–Crippen MR) is 91.4 cm³/mol. The first-order valence-corrected chi connectivity index (χ1v) is 8.72. The van der Waals surface area contributed by atoms with Crippen LogP contribution in [0.15, 0.2) is 23.4 Å². The van der Waals surface area contributed by atoms with Gasteiger partial charge in [-0.2, -0.15) is 0 Å². The van der Waals surface area contributed by atoms with E-state index in [0.717, 1.165) is 12.1 Å². The lowest BCUT2D eigenvalue weighted by Gasteiger charge is -2.07. The normalized spacial score (nSPS) is 13.6. The lowest BCUT2D eigenvalue weighted by molar-refractivity contribution is -0.118. The van der Waals surface area contributed by atoms with Gasteiger partial charge in [0.1, 0.15) is 11.5 Å².